The molecule has 47 heavy (non-hydrogen) atoms. The van der Waals surface area contributed by atoms with Gasteiger partial charge in [-0.1, -0.05) is 11.6 Å². The van der Waals surface area contributed by atoms with Crippen molar-refractivity contribution in [1.82, 2.24) is 15.3 Å². The number of aromatic hydroxyl groups is 1. The van der Waals surface area contributed by atoms with Crippen LogP contribution in [0, 0.1) is 17.1 Å². The average Bonchev–Trinajstić information content (AvgIpc) is 3.63. The smallest absolute Gasteiger partial charge is 0.490 e. The van der Waals surface area contributed by atoms with E-state index in [0.29, 0.717) is 25.5 Å². The highest BCUT2D eigenvalue weighted by Gasteiger charge is 2.40. The Kier molecular flexibility index (Phi) is 9.58. The van der Waals surface area contributed by atoms with Crippen molar-refractivity contribution in [2.24, 2.45) is 0 Å². The van der Waals surface area contributed by atoms with E-state index in [1.807, 2.05) is 11.0 Å². The number of phenols is 1. The fourth-order valence-corrected chi connectivity index (χ4v) is 6.16. The molecule has 3 aromatic rings. The molecule has 2 aromatic carbocycles. The monoisotopic (exact) mass is 691 g/mol. The summed E-state index contributed by atoms with van der Waals surface area (Å²) in [5.74, 6) is -4.22. The fraction of sp³-hybridized carbons (Fsp3) is 0.448. The van der Waals surface area contributed by atoms with Crippen LogP contribution in [0.5, 0.6) is 11.8 Å². The minimum Gasteiger partial charge on any atom is -0.508 e. The average molecular weight is 692 g/mol. The Bertz CT molecular complexity index is 1720. The van der Waals surface area contributed by atoms with Crippen molar-refractivity contribution in [1.29, 1.82) is 5.26 Å². The van der Waals surface area contributed by atoms with Crippen LogP contribution in [0.1, 0.15) is 36.8 Å². The van der Waals surface area contributed by atoms with Crippen molar-refractivity contribution in [2.45, 2.75) is 56.2 Å². The molecule has 0 unspecified atom stereocenters. The number of carbonyl (C=O) groups is 1. The van der Waals surface area contributed by atoms with Crippen LogP contribution in [-0.4, -0.2) is 76.8 Å². The fourth-order valence-electron chi connectivity index (χ4n) is 5.84. The van der Waals surface area contributed by atoms with E-state index in [4.69, 9.17) is 31.0 Å². The molecule has 3 aliphatic rings. The molecule has 10 nitrogen and oxygen atoms in total. The van der Waals surface area contributed by atoms with Gasteiger partial charge in [0.1, 0.15) is 23.7 Å². The minimum atomic E-state index is -5.08. The first-order chi connectivity index (χ1) is 22.1. The SMILES string of the molecule is N#Cc1cc2c(N3C[C@H]4CC[C@@H](C3)N4)nc(OC[C@H]3CCCO3)nc2c(F)c1-c1cc(O)cc(Cl)c1C(F)(F)F.O=C(O)C(F)(F)F. The zero-order valence-corrected chi connectivity index (χ0v) is 24.8. The van der Waals surface area contributed by atoms with Gasteiger partial charge in [-0.05, 0) is 43.9 Å². The van der Waals surface area contributed by atoms with Crippen molar-refractivity contribution in [3.63, 3.8) is 0 Å². The van der Waals surface area contributed by atoms with Crippen molar-refractivity contribution < 1.29 is 55.2 Å². The number of rotatable bonds is 5. The Morgan fingerprint density at radius 1 is 1.13 bits per heavy atom. The number of hydrogen-bond acceptors (Lipinski definition) is 9. The number of phenolic OH excluding ortho intramolecular Hbond substituents is 1. The van der Waals surface area contributed by atoms with Gasteiger partial charge in [-0.2, -0.15) is 41.6 Å². The van der Waals surface area contributed by atoms with E-state index in [1.165, 1.54) is 6.07 Å². The summed E-state index contributed by atoms with van der Waals surface area (Å²) in [6.07, 6.45) is -6.67. The van der Waals surface area contributed by atoms with Crippen LogP contribution >= 0.6 is 11.6 Å². The Morgan fingerprint density at radius 3 is 2.34 bits per heavy atom. The van der Waals surface area contributed by atoms with Gasteiger partial charge in [0.05, 0.1) is 28.3 Å². The summed E-state index contributed by atoms with van der Waals surface area (Å²) in [6, 6.07) is 4.81. The Labute approximate surface area is 266 Å². The number of ether oxygens (including phenoxy) is 2. The molecule has 252 valence electrons. The summed E-state index contributed by atoms with van der Waals surface area (Å²) in [4.78, 5) is 19.7. The lowest BCUT2D eigenvalue weighted by atomic mass is 9.92. The largest absolute Gasteiger partial charge is 0.508 e. The third-order valence-corrected chi connectivity index (χ3v) is 8.12. The first kappa shape index (κ1) is 34.2. The van der Waals surface area contributed by atoms with Crippen molar-refractivity contribution >= 4 is 34.3 Å². The molecule has 3 fully saturated rings. The molecule has 3 saturated heterocycles. The molecule has 0 aliphatic carbocycles. The number of nitrogens with zero attached hydrogens (tertiary/aromatic N) is 4. The van der Waals surface area contributed by atoms with Crippen LogP contribution < -0.4 is 15.0 Å². The maximum absolute atomic E-state index is 16.4. The summed E-state index contributed by atoms with van der Waals surface area (Å²) in [5, 5.41) is 30.0. The Hall–Kier alpha value is -4.14. The van der Waals surface area contributed by atoms with E-state index in [1.54, 1.807) is 0 Å². The number of benzene rings is 2. The Morgan fingerprint density at radius 2 is 1.79 bits per heavy atom. The normalized spacial score (nSPS) is 20.9. The van der Waals surface area contributed by atoms with E-state index in [-0.39, 0.29) is 47.3 Å². The van der Waals surface area contributed by atoms with Crippen LogP contribution in [0.4, 0.5) is 36.6 Å². The molecule has 4 heterocycles. The number of carboxylic acid groups (broad SMARTS) is 1. The predicted molar refractivity (Wildman–Crippen MR) is 152 cm³/mol. The third kappa shape index (κ3) is 7.39. The second kappa shape index (κ2) is 13.2. The second-order valence-electron chi connectivity index (χ2n) is 11.1. The lowest BCUT2D eigenvalue weighted by molar-refractivity contribution is -0.192. The van der Waals surface area contributed by atoms with Crippen molar-refractivity contribution in [2.75, 3.05) is 31.2 Å². The van der Waals surface area contributed by atoms with Crippen LogP contribution in [0.15, 0.2) is 18.2 Å². The second-order valence-corrected chi connectivity index (χ2v) is 11.5. The molecule has 2 bridgehead atoms. The van der Waals surface area contributed by atoms with Gasteiger partial charge in [0.15, 0.2) is 5.82 Å². The number of nitrogens with one attached hydrogen (secondary N) is 1. The van der Waals surface area contributed by atoms with Crippen LogP contribution in [0.25, 0.3) is 22.0 Å². The molecular weight excluding hydrogens is 667 g/mol. The van der Waals surface area contributed by atoms with Gasteiger partial charge in [-0.3, -0.25) is 0 Å². The predicted octanol–water partition coefficient (Wildman–Crippen LogP) is 5.82. The van der Waals surface area contributed by atoms with Gasteiger partial charge in [0.2, 0.25) is 0 Å². The number of aliphatic carboxylic acids is 1. The topological polar surface area (TPSA) is 141 Å². The molecule has 0 amide bonds. The van der Waals surface area contributed by atoms with Crippen molar-refractivity contribution in [3.8, 4) is 29.0 Å². The quantitative estimate of drug-likeness (QED) is 0.281. The summed E-state index contributed by atoms with van der Waals surface area (Å²) in [7, 11) is 0. The lowest BCUT2D eigenvalue weighted by Crippen LogP contribution is -2.51. The zero-order valence-electron chi connectivity index (χ0n) is 24.1. The van der Waals surface area contributed by atoms with Gasteiger partial charge < -0.3 is 29.9 Å². The summed E-state index contributed by atoms with van der Waals surface area (Å²) < 4.78 is 102. The maximum atomic E-state index is 16.4. The summed E-state index contributed by atoms with van der Waals surface area (Å²) >= 11 is 5.87. The van der Waals surface area contributed by atoms with Crippen LogP contribution in [0.3, 0.4) is 0 Å². The molecule has 18 heteroatoms. The number of carboxylic acids is 1. The number of halogens is 8. The standard InChI is InChI=1S/C27H24ClF4N5O3.C2HF3O2/c28-20-8-16(38)7-18(22(20)27(30,31)32)21-13(9-33)6-19-24(23(21)29)35-26(40-12-17-2-1-5-39-17)36-25(19)37-10-14-3-4-15(11-37)34-14;3-2(4,5)1(6)7/h6-8,14-15,17,34,38H,1-5,10-12H2;(H,6,7)/t14-,15+,17-;/m1./s1. The number of anilines is 1. The highest BCUT2D eigenvalue weighted by Crippen LogP contribution is 2.46. The molecule has 0 saturated carbocycles. The Balaban J connectivity index is 0.000000559. The van der Waals surface area contributed by atoms with Gasteiger partial charge in [0.25, 0.3) is 0 Å². The zero-order chi connectivity index (χ0) is 34.3. The summed E-state index contributed by atoms with van der Waals surface area (Å²) in [5.41, 5.74) is -3.50. The molecule has 0 spiro atoms. The molecule has 3 atom stereocenters. The number of hydrogen-bond donors (Lipinski definition) is 3. The molecule has 3 aliphatic heterocycles. The first-order valence-corrected chi connectivity index (χ1v) is 14.5. The highest BCUT2D eigenvalue weighted by molar-refractivity contribution is 6.32. The molecule has 6 rings (SSSR count). The van der Waals surface area contributed by atoms with E-state index in [2.05, 4.69) is 15.3 Å². The van der Waals surface area contributed by atoms with Crippen molar-refractivity contribution in [3.05, 3.63) is 40.2 Å². The maximum Gasteiger partial charge on any atom is 0.490 e. The van der Waals surface area contributed by atoms with E-state index in [0.717, 1.165) is 37.8 Å². The van der Waals surface area contributed by atoms with Gasteiger partial charge >= 0.3 is 24.3 Å². The highest BCUT2D eigenvalue weighted by atomic mass is 35.5. The number of fused-ring (bicyclic) bond motifs is 3. The number of piperazine rings is 1. The number of alkyl halides is 6. The molecular formula is C29H25ClF7N5O5. The minimum absolute atomic E-state index is 0.128. The van der Waals surface area contributed by atoms with E-state index >= 15 is 4.39 Å². The van der Waals surface area contributed by atoms with Crippen LogP contribution in [-0.2, 0) is 15.7 Å². The third-order valence-electron chi connectivity index (χ3n) is 7.82. The van der Waals surface area contributed by atoms with Gasteiger partial charge in [0, 0.05) is 48.3 Å². The molecule has 0 radical (unpaired) electrons. The van der Waals surface area contributed by atoms with Gasteiger partial charge in [-0.15, -0.1) is 0 Å². The number of nitriles is 1. The lowest BCUT2D eigenvalue weighted by Gasteiger charge is -2.34. The summed E-state index contributed by atoms with van der Waals surface area (Å²) in [6.45, 7) is 1.87. The van der Waals surface area contributed by atoms with Crippen LogP contribution in [0.2, 0.25) is 5.02 Å². The molecule has 3 N–H and O–H groups in total. The first-order valence-electron chi connectivity index (χ1n) is 14.2. The van der Waals surface area contributed by atoms with E-state index < -0.39 is 51.6 Å². The van der Waals surface area contributed by atoms with Gasteiger partial charge in [-0.25, -0.2) is 9.18 Å². The molecule has 1 aromatic heterocycles. The number of aromatic nitrogens is 2. The van der Waals surface area contributed by atoms with E-state index in [9.17, 15) is 36.7 Å².